The van der Waals surface area contributed by atoms with Gasteiger partial charge in [-0.3, -0.25) is 4.79 Å². The van der Waals surface area contributed by atoms with Crippen LogP contribution in [0.15, 0.2) is 18.2 Å². The van der Waals surface area contributed by atoms with Crippen LogP contribution in [-0.2, 0) is 4.79 Å². The number of benzene rings is 1. The number of carbonyl (C=O) groups excluding carboxylic acids is 1. The lowest BCUT2D eigenvalue weighted by molar-refractivity contribution is -0.114. The number of hydrogen-bond donors (Lipinski definition) is 2. The first-order chi connectivity index (χ1) is 9.08. The van der Waals surface area contributed by atoms with Crippen LogP contribution in [-0.4, -0.2) is 19.1 Å². The third-order valence-corrected chi connectivity index (χ3v) is 3.58. The van der Waals surface area contributed by atoms with Gasteiger partial charge >= 0.3 is 0 Å². The number of rotatable bonds is 4. The maximum atomic E-state index is 11.0. The van der Waals surface area contributed by atoms with Gasteiger partial charge in [0.2, 0.25) is 5.91 Å². The van der Waals surface area contributed by atoms with E-state index < -0.39 is 0 Å². The Morgan fingerprint density at radius 1 is 1.37 bits per heavy atom. The Labute approximate surface area is 114 Å². The highest BCUT2D eigenvalue weighted by Crippen LogP contribution is 2.33. The van der Waals surface area contributed by atoms with Crippen LogP contribution in [0.5, 0.6) is 5.75 Å². The quantitative estimate of drug-likeness (QED) is 0.875. The lowest BCUT2D eigenvalue weighted by Gasteiger charge is -2.17. The Balaban J connectivity index is 2.09. The Kier molecular flexibility index (Phi) is 4.30. The van der Waals surface area contributed by atoms with Crippen molar-refractivity contribution in [1.29, 1.82) is 0 Å². The van der Waals surface area contributed by atoms with Crippen molar-refractivity contribution in [3.8, 4) is 5.75 Å². The van der Waals surface area contributed by atoms with E-state index in [9.17, 15) is 4.79 Å². The van der Waals surface area contributed by atoms with E-state index in [4.69, 9.17) is 4.74 Å². The second-order valence-electron chi connectivity index (χ2n) is 5.36. The minimum atomic E-state index is -0.0765. The molecular formula is C15H22N2O2. The zero-order chi connectivity index (χ0) is 13.8. The highest BCUT2D eigenvalue weighted by Gasteiger charge is 2.21. The third kappa shape index (κ3) is 3.63. The smallest absolute Gasteiger partial charge is 0.221 e. The van der Waals surface area contributed by atoms with Crippen LogP contribution in [0.1, 0.15) is 33.1 Å². The monoisotopic (exact) mass is 262 g/mol. The molecule has 0 aliphatic heterocycles. The molecule has 0 unspecified atom stereocenters. The van der Waals surface area contributed by atoms with E-state index >= 15 is 0 Å². The number of ether oxygens (including phenoxy) is 1. The second kappa shape index (κ2) is 5.95. The molecule has 1 aromatic rings. The maximum Gasteiger partial charge on any atom is 0.221 e. The van der Waals surface area contributed by atoms with Crippen molar-refractivity contribution in [2.45, 2.75) is 39.2 Å². The largest absolute Gasteiger partial charge is 0.495 e. The van der Waals surface area contributed by atoms with Gasteiger partial charge in [-0.1, -0.05) is 6.92 Å². The van der Waals surface area contributed by atoms with E-state index in [0.29, 0.717) is 6.04 Å². The van der Waals surface area contributed by atoms with E-state index in [1.807, 2.05) is 18.2 Å². The number of amides is 1. The summed E-state index contributed by atoms with van der Waals surface area (Å²) in [6, 6.07) is 6.23. The summed E-state index contributed by atoms with van der Waals surface area (Å²) in [4.78, 5) is 11.0. The Hall–Kier alpha value is -1.71. The van der Waals surface area contributed by atoms with Crippen molar-refractivity contribution in [3.63, 3.8) is 0 Å². The molecule has 0 saturated heterocycles. The van der Waals surface area contributed by atoms with E-state index in [1.54, 1.807) is 7.11 Å². The van der Waals surface area contributed by atoms with E-state index in [1.165, 1.54) is 26.2 Å². The van der Waals surface area contributed by atoms with Crippen LogP contribution < -0.4 is 15.4 Å². The normalized spacial score (nSPS) is 22.1. The van der Waals surface area contributed by atoms with Crippen molar-refractivity contribution in [1.82, 2.24) is 0 Å². The lowest BCUT2D eigenvalue weighted by Crippen LogP contribution is -2.16. The first-order valence-electron chi connectivity index (χ1n) is 6.80. The average molecular weight is 262 g/mol. The zero-order valence-electron chi connectivity index (χ0n) is 11.8. The summed E-state index contributed by atoms with van der Waals surface area (Å²) in [6.45, 7) is 3.79. The first kappa shape index (κ1) is 13.7. The van der Waals surface area contributed by atoms with Crippen LogP contribution in [0.2, 0.25) is 0 Å². The predicted molar refractivity (Wildman–Crippen MR) is 77.7 cm³/mol. The highest BCUT2D eigenvalue weighted by molar-refractivity contribution is 5.89. The Morgan fingerprint density at radius 3 is 2.74 bits per heavy atom. The van der Waals surface area contributed by atoms with Crippen molar-refractivity contribution in [2.24, 2.45) is 5.92 Å². The fourth-order valence-electron chi connectivity index (χ4n) is 2.65. The maximum absolute atomic E-state index is 11.0. The molecule has 4 nitrogen and oxygen atoms in total. The van der Waals surface area contributed by atoms with Gasteiger partial charge in [-0.05, 0) is 37.3 Å². The van der Waals surface area contributed by atoms with E-state index in [0.717, 1.165) is 23.0 Å². The molecule has 1 amide bonds. The van der Waals surface area contributed by atoms with E-state index in [2.05, 4.69) is 17.6 Å². The Bertz CT molecular complexity index is 459. The van der Waals surface area contributed by atoms with Crippen LogP contribution in [0.4, 0.5) is 11.4 Å². The molecule has 0 spiro atoms. The van der Waals surface area contributed by atoms with Gasteiger partial charge in [-0.2, -0.15) is 0 Å². The molecule has 1 saturated carbocycles. The topological polar surface area (TPSA) is 50.4 Å². The minimum Gasteiger partial charge on any atom is -0.495 e. The van der Waals surface area contributed by atoms with Gasteiger partial charge in [0.15, 0.2) is 0 Å². The van der Waals surface area contributed by atoms with Gasteiger partial charge in [0.05, 0.1) is 12.8 Å². The summed E-state index contributed by atoms with van der Waals surface area (Å²) in [5.74, 6) is 1.49. The molecule has 0 radical (unpaired) electrons. The molecule has 4 heteroatoms. The van der Waals surface area contributed by atoms with Gasteiger partial charge in [0.25, 0.3) is 0 Å². The zero-order valence-corrected chi connectivity index (χ0v) is 11.8. The number of nitrogens with one attached hydrogen (secondary N) is 2. The third-order valence-electron chi connectivity index (χ3n) is 3.58. The minimum absolute atomic E-state index is 0.0765. The molecule has 2 atom stereocenters. The highest BCUT2D eigenvalue weighted by atomic mass is 16.5. The summed E-state index contributed by atoms with van der Waals surface area (Å²) in [5, 5.41) is 6.29. The van der Waals surface area contributed by atoms with Crippen LogP contribution in [0.25, 0.3) is 0 Å². The van der Waals surface area contributed by atoms with Crippen LogP contribution in [0.3, 0.4) is 0 Å². The average Bonchev–Trinajstić information content (AvgIpc) is 2.76. The molecule has 1 fully saturated rings. The molecule has 0 bridgehead atoms. The van der Waals surface area contributed by atoms with Crippen molar-refractivity contribution < 1.29 is 9.53 Å². The van der Waals surface area contributed by atoms with Crippen LogP contribution >= 0.6 is 0 Å². The lowest BCUT2D eigenvalue weighted by atomic mass is 10.1. The van der Waals surface area contributed by atoms with Gasteiger partial charge in [0.1, 0.15) is 5.75 Å². The predicted octanol–water partition coefficient (Wildman–Crippen LogP) is 3.25. The molecule has 1 aliphatic rings. The second-order valence-corrected chi connectivity index (χ2v) is 5.36. The summed E-state index contributed by atoms with van der Waals surface area (Å²) in [7, 11) is 1.65. The van der Waals surface area contributed by atoms with Crippen molar-refractivity contribution in [3.05, 3.63) is 18.2 Å². The number of methoxy groups -OCH3 is 1. The summed E-state index contributed by atoms with van der Waals surface area (Å²) in [5.41, 5.74) is 1.75. The van der Waals surface area contributed by atoms with Gasteiger partial charge < -0.3 is 15.4 Å². The molecular weight excluding hydrogens is 240 g/mol. The molecule has 0 heterocycles. The van der Waals surface area contributed by atoms with Gasteiger partial charge in [0, 0.05) is 24.7 Å². The molecule has 1 aromatic carbocycles. The fraction of sp³-hybridized carbons (Fsp3) is 0.533. The molecule has 0 aromatic heterocycles. The summed E-state index contributed by atoms with van der Waals surface area (Å²) in [6.07, 6.45) is 3.69. The number of hydrogen-bond acceptors (Lipinski definition) is 3. The fourth-order valence-corrected chi connectivity index (χ4v) is 2.65. The SMILES string of the molecule is COc1cc(NC(C)=O)ccc1N[C@@H]1CC[C@@H](C)C1. The van der Waals surface area contributed by atoms with Crippen LogP contribution in [0, 0.1) is 5.92 Å². The molecule has 19 heavy (non-hydrogen) atoms. The standard InChI is InChI=1S/C15H22N2O2/c1-10-4-5-12(8-10)17-14-7-6-13(16-11(2)18)9-15(14)19-3/h6-7,9-10,12,17H,4-5,8H2,1-3H3,(H,16,18)/t10-,12-/m1/s1. The molecule has 2 N–H and O–H groups in total. The molecule has 104 valence electrons. The molecule has 2 rings (SSSR count). The first-order valence-corrected chi connectivity index (χ1v) is 6.80. The molecule has 1 aliphatic carbocycles. The van der Waals surface area contributed by atoms with Gasteiger partial charge in [-0.25, -0.2) is 0 Å². The number of anilines is 2. The van der Waals surface area contributed by atoms with E-state index in [-0.39, 0.29) is 5.91 Å². The summed E-state index contributed by atoms with van der Waals surface area (Å²) >= 11 is 0. The number of carbonyl (C=O) groups is 1. The van der Waals surface area contributed by atoms with Crippen molar-refractivity contribution >= 4 is 17.3 Å². The Morgan fingerprint density at radius 2 is 2.16 bits per heavy atom. The summed E-state index contributed by atoms with van der Waals surface area (Å²) < 4.78 is 5.39. The van der Waals surface area contributed by atoms with Gasteiger partial charge in [-0.15, -0.1) is 0 Å². The van der Waals surface area contributed by atoms with Crippen molar-refractivity contribution in [2.75, 3.05) is 17.7 Å².